The van der Waals surface area contributed by atoms with Crippen molar-refractivity contribution < 1.29 is 22.7 Å². The predicted octanol–water partition coefficient (Wildman–Crippen LogP) is 3.92. The number of carbonyl (C=O) groups is 1. The van der Waals surface area contributed by atoms with Crippen LogP contribution in [0, 0.1) is 0 Å². The summed E-state index contributed by atoms with van der Waals surface area (Å²) in [5.41, 5.74) is 1.23. The molecule has 7 nitrogen and oxygen atoms in total. The molecule has 0 saturated carbocycles. The first-order valence-electron chi connectivity index (χ1n) is 9.66. The van der Waals surface area contributed by atoms with Crippen molar-refractivity contribution in [3.05, 3.63) is 77.3 Å². The Balaban J connectivity index is 1.73. The molecule has 0 bridgehead atoms. The minimum absolute atomic E-state index is 0.0524. The molecule has 0 aromatic heterocycles. The second kappa shape index (κ2) is 10.4. The highest BCUT2D eigenvalue weighted by molar-refractivity contribution is 7.91. The van der Waals surface area contributed by atoms with E-state index in [0.29, 0.717) is 28.8 Å². The number of sulfone groups is 1. The third-order valence-electron chi connectivity index (χ3n) is 4.68. The summed E-state index contributed by atoms with van der Waals surface area (Å²) in [5.74, 6) is 0.453. The van der Waals surface area contributed by atoms with Crippen LogP contribution in [-0.4, -0.2) is 35.1 Å². The molecule has 0 heterocycles. The minimum Gasteiger partial charge on any atom is -0.493 e. The zero-order valence-corrected chi connectivity index (χ0v) is 19.2. The van der Waals surface area contributed by atoms with Gasteiger partial charge in [-0.25, -0.2) is 8.42 Å². The number of benzene rings is 3. The van der Waals surface area contributed by atoms with Crippen LogP contribution < -0.4 is 20.1 Å². The van der Waals surface area contributed by atoms with Gasteiger partial charge in [0.15, 0.2) is 11.5 Å². The van der Waals surface area contributed by atoms with Crippen LogP contribution in [0.3, 0.4) is 0 Å². The van der Waals surface area contributed by atoms with E-state index in [2.05, 4.69) is 10.6 Å². The third kappa shape index (κ3) is 5.52. The van der Waals surface area contributed by atoms with Crippen molar-refractivity contribution >= 4 is 33.0 Å². The van der Waals surface area contributed by atoms with E-state index in [9.17, 15) is 13.2 Å². The second-order valence-corrected chi connectivity index (χ2v) is 9.13. The average molecular weight is 475 g/mol. The standard InChI is InChI=1S/C23H23ClN2O5S/c1-30-20-12-11-18(13-21(20)31-2)32(28,29)22-6-4-3-5-19(22)25-15-23(27)26-14-16-7-9-17(24)10-8-16/h3-13,25H,14-15H2,1-2H3,(H,26,27). The number of hydrogen-bond acceptors (Lipinski definition) is 6. The molecule has 32 heavy (non-hydrogen) atoms. The Bertz CT molecular complexity index is 1200. The van der Waals surface area contributed by atoms with Gasteiger partial charge in [0.25, 0.3) is 0 Å². The Labute approximate surface area is 192 Å². The molecule has 1 amide bonds. The number of methoxy groups -OCH3 is 2. The number of amides is 1. The highest BCUT2D eigenvalue weighted by atomic mass is 35.5. The first-order valence-corrected chi connectivity index (χ1v) is 11.5. The Kier molecular flexibility index (Phi) is 7.61. The summed E-state index contributed by atoms with van der Waals surface area (Å²) in [7, 11) is -0.964. The molecule has 3 aromatic rings. The number of rotatable bonds is 9. The fourth-order valence-electron chi connectivity index (χ4n) is 3.00. The van der Waals surface area contributed by atoms with Crippen molar-refractivity contribution in [2.24, 2.45) is 0 Å². The number of nitrogens with one attached hydrogen (secondary N) is 2. The number of hydrogen-bond donors (Lipinski definition) is 2. The highest BCUT2D eigenvalue weighted by Crippen LogP contribution is 2.33. The van der Waals surface area contributed by atoms with Crippen molar-refractivity contribution in [3.63, 3.8) is 0 Å². The molecule has 0 unspecified atom stereocenters. The molecule has 0 radical (unpaired) electrons. The highest BCUT2D eigenvalue weighted by Gasteiger charge is 2.23. The van der Waals surface area contributed by atoms with E-state index < -0.39 is 9.84 Å². The largest absolute Gasteiger partial charge is 0.493 e. The molecule has 0 fully saturated rings. The molecular weight excluding hydrogens is 452 g/mol. The Hall–Kier alpha value is -3.23. The van der Waals surface area contributed by atoms with Crippen molar-refractivity contribution in [1.29, 1.82) is 0 Å². The molecule has 2 N–H and O–H groups in total. The summed E-state index contributed by atoms with van der Waals surface area (Å²) in [6.07, 6.45) is 0. The van der Waals surface area contributed by atoms with Gasteiger partial charge in [-0.1, -0.05) is 35.9 Å². The number of para-hydroxylation sites is 1. The molecule has 0 aliphatic rings. The molecule has 3 rings (SSSR count). The van der Waals surface area contributed by atoms with Crippen molar-refractivity contribution in [2.45, 2.75) is 16.3 Å². The van der Waals surface area contributed by atoms with Crippen LogP contribution in [0.5, 0.6) is 11.5 Å². The maximum atomic E-state index is 13.3. The van der Waals surface area contributed by atoms with Crippen LogP contribution >= 0.6 is 11.6 Å². The monoisotopic (exact) mass is 474 g/mol. The van der Waals surface area contributed by atoms with Crippen molar-refractivity contribution in [2.75, 3.05) is 26.1 Å². The van der Waals surface area contributed by atoms with Crippen LogP contribution in [0.15, 0.2) is 76.5 Å². The summed E-state index contributed by atoms with van der Waals surface area (Å²) in [6, 6.07) is 17.9. The van der Waals surface area contributed by atoms with E-state index in [1.807, 2.05) is 12.1 Å². The summed E-state index contributed by atoms with van der Waals surface area (Å²) >= 11 is 5.86. The van der Waals surface area contributed by atoms with E-state index in [0.717, 1.165) is 5.56 Å². The molecule has 0 aliphatic carbocycles. The first kappa shape index (κ1) is 23.4. The lowest BCUT2D eigenvalue weighted by Gasteiger charge is -2.14. The molecule has 3 aromatic carbocycles. The van der Waals surface area contributed by atoms with Gasteiger partial charge in [0.1, 0.15) is 0 Å². The van der Waals surface area contributed by atoms with E-state index in [1.54, 1.807) is 30.3 Å². The van der Waals surface area contributed by atoms with E-state index in [1.165, 1.54) is 38.5 Å². The lowest BCUT2D eigenvalue weighted by atomic mass is 10.2. The smallest absolute Gasteiger partial charge is 0.239 e. The topological polar surface area (TPSA) is 93.7 Å². The lowest BCUT2D eigenvalue weighted by Crippen LogP contribution is -2.29. The number of carbonyl (C=O) groups excluding carboxylic acids is 1. The SMILES string of the molecule is COc1ccc(S(=O)(=O)c2ccccc2NCC(=O)NCc2ccc(Cl)cc2)cc1OC. The van der Waals surface area contributed by atoms with Gasteiger partial charge in [0.05, 0.1) is 36.2 Å². The van der Waals surface area contributed by atoms with Gasteiger partial charge in [-0.15, -0.1) is 0 Å². The van der Waals surface area contributed by atoms with Gasteiger partial charge in [-0.3, -0.25) is 4.79 Å². The normalized spacial score (nSPS) is 11.0. The number of halogens is 1. The Morgan fingerprint density at radius 2 is 1.62 bits per heavy atom. The van der Waals surface area contributed by atoms with E-state index in [4.69, 9.17) is 21.1 Å². The molecule has 0 spiro atoms. The second-order valence-electron chi connectivity index (χ2n) is 6.77. The summed E-state index contributed by atoms with van der Waals surface area (Å²) in [6.45, 7) is 0.245. The zero-order valence-electron chi connectivity index (χ0n) is 17.6. The van der Waals surface area contributed by atoms with Crippen LogP contribution in [0.2, 0.25) is 5.02 Å². The fourth-order valence-corrected chi connectivity index (χ4v) is 4.58. The molecule has 0 aliphatic heterocycles. The molecule has 168 valence electrons. The van der Waals surface area contributed by atoms with Gasteiger partial charge in [-0.2, -0.15) is 0 Å². The van der Waals surface area contributed by atoms with Gasteiger partial charge in [0, 0.05) is 17.6 Å². The van der Waals surface area contributed by atoms with Crippen LogP contribution in [-0.2, 0) is 21.2 Å². The van der Waals surface area contributed by atoms with Crippen molar-refractivity contribution in [3.8, 4) is 11.5 Å². The van der Waals surface area contributed by atoms with E-state index in [-0.39, 0.29) is 22.2 Å². The van der Waals surface area contributed by atoms with Gasteiger partial charge >= 0.3 is 0 Å². The van der Waals surface area contributed by atoms with Crippen LogP contribution in [0.1, 0.15) is 5.56 Å². The van der Waals surface area contributed by atoms with Gasteiger partial charge in [0.2, 0.25) is 15.7 Å². The van der Waals surface area contributed by atoms with Crippen LogP contribution in [0.25, 0.3) is 0 Å². The number of ether oxygens (including phenoxy) is 2. The summed E-state index contributed by atoms with van der Waals surface area (Å²) in [4.78, 5) is 12.4. The average Bonchev–Trinajstić information content (AvgIpc) is 2.82. The Morgan fingerprint density at radius 1 is 0.938 bits per heavy atom. The maximum Gasteiger partial charge on any atom is 0.239 e. The zero-order chi connectivity index (χ0) is 23.1. The molecular formula is C23H23ClN2O5S. The summed E-state index contributed by atoms with van der Waals surface area (Å²) in [5, 5.41) is 6.32. The predicted molar refractivity (Wildman–Crippen MR) is 123 cm³/mol. The van der Waals surface area contributed by atoms with E-state index >= 15 is 0 Å². The summed E-state index contributed by atoms with van der Waals surface area (Å²) < 4.78 is 36.9. The Morgan fingerprint density at radius 3 is 2.31 bits per heavy atom. The minimum atomic E-state index is -3.88. The van der Waals surface area contributed by atoms with Gasteiger partial charge in [-0.05, 0) is 42.0 Å². The maximum absolute atomic E-state index is 13.3. The van der Waals surface area contributed by atoms with Gasteiger partial charge < -0.3 is 20.1 Å². The molecule has 9 heteroatoms. The lowest BCUT2D eigenvalue weighted by molar-refractivity contribution is -0.119. The first-order chi connectivity index (χ1) is 15.3. The quantitative estimate of drug-likeness (QED) is 0.488. The fraction of sp³-hybridized carbons (Fsp3) is 0.174. The van der Waals surface area contributed by atoms with Crippen LogP contribution in [0.4, 0.5) is 5.69 Å². The number of anilines is 1. The molecule has 0 saturated heterocycles. The van der Waals surface area contributed by atoms with Crippen molar-refractivity contribution in [1.82, 2.24) is 5.32 Å². The third-order valence-corrected chi connectivity index (χ3v) is 6.75. The molecule has 0 atom stereocenters.